The molecule has 0 atom stereocenters. The Morgan fingerprint density at radius 3 is 2.56 bits per heavy atom. The molecular formula is C12H16N2O4. The number of carbonyl (C=O) groups excluding carboxylic acids is 1. The Morgan fingerprint density at radius 2 is 2.00 bits per heavy atom. The van der Waals surface area contributed by atoms with Crippen molar-refractivity contribution in [3.8, 4) is 11.8 Å². The van der Waals surface area contributed by atoms with Gasteiger partial charge in [0.05, 0.1) is 6.54 Å². The zero-order chi connectivity index (χ0) is 13.4. The van der Waals surface area contributed by atoms with Crippen LogP contribution in [0.4, 0.5) is 4.79 Å². The second kappa shape index (κ2) is 7.35. The van der Waals surface area contributed by atoms with Gasteiger partial charge in [-0.05, 0) is 0 Å². The van der Waals surface area contributed by atoms with Crippen LogP contribution in [0.1, 0.15) is 0 Å². The lowest BCUT2D eigenvalue weighted by Gasteiger charge is -2.32. The number of hydrogen-bond donors (Lipinski definition) is 1. The molecule has 1 aliphatic heterocycles. The number of piperazine rings is 1. The van der Waals surface area contributed by atoms with Crippen molar-refractivity contribution in [1.29, 1.82) is 0 Å². The maximum Gasteiger partial charge on any atom is 0.410 e. The monoisotopic (exact) mass is 252 g/mol. The standard InChI is InChI=1S/C12H16N2O4/c1-2-10-18-12(17)14-8-6-13(7-9-14)5-3-4-11(15)16/h2H,1,5-10H2,(H,15,16). The third kappa shape index (κ3) is 4.89. The molecule has 1 heterocycles. The maximum absolute atomic E-state index is 11.5. The molecule has 1 N–H and O–H groups in total. The van der Waals surface area contributed by atoms with Gasteiger partial charge < -0.3 is 14.7 Å². The molecule has 98 valence electrons. The lowest BCUT2D eigenvalue weighted by Crippen LogP contribution is -2.48. The normalized spacial score (nSPS) is 15.4. The number of carbonyl (C=O) groups is 2. The van der Waals surface area contributed by atoms with Gasteiger partial charge in [-0.2, -0.15) is 0 Å². The summed E-state index contributed by atoms with van der Waals surface area (Å²) in [5, 5.41) is 8.37. The van der Waals surface area contributed by atoms with Crippen LogP contribution in [0, 0.1) is 11.8 Å². The quantitative estimate of drug-likeness (QED) is 0.566. The lowest BCUT2D eigenvalue weighted by molar-refractivity contribution is -0.130. The van der Waals surface area contributed by atoms with Crippen LogP contribution < -0.4 is 0 Å². The molecule has 1 rings (SSSR count). The summed E-state index contributed by atoms with van der Waals surface area (Å²) in [5.74, 6) is 3.50. The average molecular weight is 252 g/mol. The first kappa shape index (κ1) is 14.1. The van der Waals surface area contributed by atoms with Crippen LogP contribution in [-0.2, 0) is 9.53 Å². The molecule has 0 bridgehead atoms. The van der Waals surface area contributed by atoms with Gasteiger partial charge in [-0.25, -0.2) is 9.59 Å². The Kier molecular flexibility index (Phi) is 5.74. The SMILES string of the molecule is C=CCOC(=O)N1CCN(CC#CC(=O)O)CC1. The summed E-state index contributed by atoms with van der Waals surface area (Å²) in [4.78, 5) is 25.3. The van der Waals surface area contributed by atoms with E-state index in [1.54, 1.807) is 4.90 Å². The van der Waals surface area contributed by atoms with Crippen molar-refractivity contribution in [1.82, 2.24) is 9.80 Å². The van der Waals surface area contributed by atoms with Crippen molar-refractivity contribution in [2.45, 2.75) is 0 Å². The van der Waals surface area contributed by atoms with Crippen molar-refractivity contribution in [3.05, 3.63) is 12.7 Å². The number of aliphatic carboxylic acids is 1. The van der Waals surface area contributed by atoms with Crippen molar-refractivity contribution in [3.63, 3.8) is 0 Å². The number of amides is 1. The molecule has 0 aromatic carbocycles. The number of carboxylic acid groups (broad SMARTS) is 1. The van der Waals surface area contributed by atoms with Gasteiger partial charge in [0.25, 0.3) is 0 Å². The molecule has 0 aromatic rings. The number of nitrogens with zero attached hydrogens (tertiary/aromatic N) is 2. The zero-order valence-corrected chi connectivity index (χ0v) is 10.1. The highest BCUT2D eigenvalue weighted by molar-refractivity contribution is 5.86. The van der Waals surface area contributed by atoms with Gasteiger partial charge in [-0.3, -0.25) is 4.90 Å². The summed E-state index contributed by atoms with van der Waals surface area (Å²) in [6.45, 7) is 6.54. The molecule has 1 amide bonds. The summed E-state index contributed by atoms with van der Waals surface area (Å²) in [6.07, 6.45) is 1.18. The highest BCUT2D eigenvalue weighted by Crippen LogP contribution is 2.03. The summed E-state index contributed by atoms with van der Waals surface area (Å²) < 4.78 is 4.92. The molecule has 1 fully saturated rings. The fourth-order valence-electron chi connectivity index (χ4n) is 1.54. The minimum Gasteiger partial charge on any atom is -0.472 e. The third-order valence-electron chi connectivity index (χ3n) is 2.45. The third-order valence-corrected chi connectivity index (χ3v) is 2.45. The van der Waals surface area contributed by atoms with Gasteiger partial charge in [0.1, 0.15) is 6.61 Å². The van der Waals surface area contributed by atoms with E-state index < -0.39 is 5.97 Å². The fraction of sp³-hybridized carbons (Fsp3) is 0.500. The number of hydrogen-bond acceptors (Lipinski definition) is 4. The Labute approximate surface area is 106 Å². The summed E-state index contributed by atoms with van der Waals surface area (Å²) in [7, 11) is 0. The van der Waals surface area contributed by atoms with E-state index in [0.29, 0.717) is 32.7 Å². The number of carboxylic acids is 1. The first-order valence-electron chi connectivity index (χ1n) is 5.60. The molecule has 6 nitrogen and oxygen atoms in total. The van der Waals surface area contributed by atoms with Crippen LogP contribution in [0.5, 0.6) is 0 Å². The van der Waals surface area contributed by atoms with Crippen LogP contribution in [0.3, 0.4) is 0 Å². The van der Waals surface area contributed by atoms with Crippen molar-refractivity contribution < 1.29 is 19.4 Å². The molecule has 0 aromatic heterocycles. The van der Waals surface area contributed by atoms with E-state index in [1.807, 2.05) is 4.90 Å². The first-order valence-corrected chi connectivity index (χ1v) is 5.60. The second-order valence-electron chi connectivity index (χ2n) is 3.74. The smallest absolute Gasteiger partial charge is 0.410 e. The summed E-state index contributed by atoms with van der Waals surface area (Å²) >= 11 is 0. The Bertz CT molecular complexity index is 375. The molecule has 0 unspecified atom stereocenters. The van der Waals surface area contributed by atoms with E-state index >= 15 is 0 Å². The van der Waals surface area contributed by atoms with Gasteiger partial charge >= 0.3 is 12.1 Å². The molecule has 0 saturated carbocycles. The minimum atomic E-state index is -1.12. The van der Waals surface area contributed by atoms with E-state index in [-0.39, 0.29) is 12.7 Å². The van der Waals surface area contributed by atoms with Crippen LogP contribution in [0.25, 0.3) is 0 Å². The van der Waals surface area contributed by atoms with E-state index in [9.17, 15) is 9.59 Å². The first-order chi connectivity index (χ1) is 8.63. The number of rotatable bonds is 3. The van der Waals surface area contributed by atoms with E-state index in [1.165, 1.54) is 6.08 Å². The highest BCUT2D eigenvalue weighted by atomic mass is 16.6. The predicted molar refractivity (Wildman–Crippen MR) is 65.0 cm³/mol. The molecule has 18 heavy (non-hydrogen) atoms. The van der Waals surface area contributed by atoms with Gasteiger partial charge in [0.15, 0.2) is 0 Å². The Hall–Kier alpha value is -2.00. The van der Waals surface area contributed by atoms with E-state index in [0.717, 1.165) is 0 Å². The van der Waals surface area contributed by atoms with E-state index in [4.69, 9.17) is 9.84 Å². The minimum absolute atomic E-state index is 0.211. The molecule has 0 aliphatic carbocycles. The van der Waals surface area contributed by atoms with Crippen LogP contribution in [0.15, 0.2) is 12.7 Å². The van der Waals surface area contributed by atoms with Gasteiger partial charge in [-0.1, -0.05) is 18.6 Å². The second-order valence-corrected chi connectivity index (χ2v) is 3.74. The Balaban J connectivity index is 2.28. The van der Waals surface area contributed by atoms with Crippen molar-refractivity contribution >= 4 is 12.1 Å². The van der Waals surface area contributed by atoms with E-state index in [2.05, 4.69) is 18.4 Å². The lowest BCUT2D eigenvalue weighted by atomic mass is 10.3. The Morgan fingerprint density at radius 1 is 1.33 bits per heavy atom. The topological polar surface area (TPSA) is 70.1 Å². The summed E-state index contributed by atoms with van der Waals surface area (Å²) in [5.41, 5.74) is 0. The molecule has 0 spiro atoms. The van der Waals surface area contributed by atoms with Gasteiger partial charge in [0, 0.05) is 32.1 Å². The van der Waals surface area contributed by atoms with Crippen molar-refractivity contribution in [2.75, 3.05) is 39.3 Å². The molecule has 1 saturated heterocycles. The van der Waals surface area contributed by atoms with Crippen LogP contribution >= 0.6 is 0 Å². The number of ether oxygens (including phenoxy) is 1. The average Bonchev–Trinajstić information content (AvgIpc) is 2.36. The van der Waals surface area contributed by atoms with Crippen LogP contribution in [-0.4, -0.2) is 66.3 Å². The maximum atomic E-state index is 11.5. The molecule has 0 radical (unpaired) electrons. The zero-order valence-electron chi connectivity index (χ0n) is 10.1. The van der Waals surface area contributed by atoms with Crippen LogP contribution in [0.2, 0.25) is 0 Å². The van der Waals surface area contributed by atoms with Gasteiger partial charge in [-0.15, -0.1) is 0 Å². The fourth-order valence-corrected chi connectivity index (χ4v) is 1.54. The highest BCUT2D eigenvalue weighted by Gasteiger charge is 2.21. The molecular weight excluding hydrogens is 236 g/mol. The van der Waals surface area contributed by atoms with Crippen molar-refractivity contribution in [2.24, 2.45) is 0 Å². The van der Waals surface area contributed by atoms with Gasteiger partial charge in [0.2, 0.25) is 0 Å². The molecule has 1 aliphatic rings. The largest absolute Gasteiger partial charge is 0.472 e. The summed E-state index contributed by atoms with van der Waals surface area (Å²) in [6, 6.07) is 0. The predicted octanol–water partition coefficient (Wildman–Crippen LogP) is 0.0146. The molecule has 6 heteroatoms.